The Bertz CT molecular complexity index is 1590. The van der Waals surface area contributed by atoms with Crippen LogP contribution in [0.4, 0.5) is 9.59 Å². The Balaban J connectivity index is 0.000000217. The van der Waals surface area contributed by atoms with Crippen LogP contribution < -0.4 is 16.4 Å². The number of rotatable bonds is 3. The van der Waals surface area contributed by atoms with Crippen LogP contribution >= 0.6 is 0 Å². The van der Waals surface area contributed by atoms with Gasteiger partial charge < -0.3 is 39.6 Å². The molecule has 0 bridgehead atoms. The van der Waals surface area contributed by atoms with Crippen LogP contribution in [-0.4, -0.2) is 64.4 Å². The largest absolute Gasteiger partial charge is 0.444 e. The number of carbonyl (C=O) groups excluding carboxylic acids is 2. The van der Waals surface area contributed by atoms with Crippen LogP contribution in [-0.2, 0) is 20.6 Å². The second-order valence-corrected chi connectivity index (χ2v) is 14.1. The predicted octanol–water partition coefficient (Wildman–Crippen LogP) is 5.94. The highest BCUT2D eigenvalue weighted by atomic mass is 16.6. The topological polar surface area (TPSA) is 158 Å². The summed E-state index contributed by atoms with van der Waals surface area (Å²) in [5, 5.41) is 6.27. The lowest BCUT2D eigenvalue weighted by atomic mass is 9.87. The third kappa shape index (κ3) is 7.97. The minimum Gasteiger partial charge on any atom is -0.444 e. The Morgan fingerprint density at radius 3 is 1.83 bits per heavy atom. The summed E-state index contributed by atoms with van der Waals surface area (Å²) in [4.78, 5) is 35.8. The summed E-state index contributed by atoms with van der Waals surface area (Å²) in [7, 11) is 0. The molecule has 0 radical (unpaired) electrons. The Morgan fingerprint density at radius 2 is 1.30 bits per heavy atom. The van der Waals surface area contributed by atoms with E-state index in [0.717, 1.165) is 37.0 Å². The number of oxazole rings is 2. The molecule has 12 nitrogen and oxygen atoms in total. The van der Waals surface area contributed by atoms with E-state index in [1.807, 2.05) is 90.1 Å². The number of benzene rings is 2. The molecule has 0 saturated carbocycles. The van der Waals surface area contributed by atoms with Gasteiger partial charge in [0, 0.05) is 13.1 Å². The monoisotopic (exact) mass is 634 g/mol. The SMILES string of the molecule is CC(C)(C)OC(=O)NC1(c2nc3ccccc3o2)CCN(C(=O)OC(C)(C)C)CC1.NC1(c2nc3ccccc3o2)CCNCC1. The van der Waals surface area contributed by atoms with Crippen molar-refractivity contribution in [1.82, 2.24) is 25.5 Å². The molecule has 46 heavy (non-hydrogen) atoms. The van der Waals surface area contributed by atoms with Gasteiger partial charge in [-0.25, -0.2) is 19.6 Å². The number of fused-ring (bicyclic) bond motifs is 2. The molecule has 248 valence electrons. The molecule has 2 aromatic heterocycles. The minimum absolute atomic E-state index is 0.370. The van der Waals surface area contributed by atoms with Crippen LogP contribution in [0.1, 0.15) is 79.0 Å². The Kier molecular flexibility index (Phi) is 9.33. The highest BCUT2D eigenvalue weighted by Crippen LogP contribution is 2.35. The zero-order valence-corrected chi connectivity index (χ0v) is 27.6. The van der Waals surface area contributed by atoms with Gasteiger partial charge in [-0.05, 0) is 105 Å². The van der Waals surface area contributed by atoms with Gasteiger partial charge in [-0.1, -0.05) is 24.3 Å². The number of likely N-dealkylation sites (tertiary alicyclic amines) is 1. The van der Waals surface area contributed by atoms with E-state index in [9.17, 15) is 9.59 Å². The van der Waals surface area contributed by atoms with Crippen molar-refractivity contribution in [3.05, 3.63) is 60.3 Å². The molecule has 4 heterocycles. The van der Waals surface area contributed by atoms with E-state index in [0.29, 0.717) is 48.8 Å². The van der Waals surface area contributed by atoms with Crippen LogP contribution in [0.3, 0.4) is 0 Å². The summed E-state index contributed by atoms with van der Waals surface area (Å²) >= 11 is 0. The lowest BCUT2D eigenvalue weighted by molar-refractivity contribution is 0.00884. The lowest BCUT2D eigenvalue weighted by Gasteiger charge is -2.40. The molecule has 4 aromatic rings. The van der Waals surface area contributed by atoms with Crippen LogP contribution in [0.25, 0.3) is 22.2 Å². The molecular weight excluding hydrogens is 588 g/mol. The van der Waals surface area contributed by atoms with Crippen molar-refractivity contribution >= 4 is 34.4 Å². The molecule has 12 heteroatoms. The maximum Gasteiger partial charge on any atom is 0.410 e. The van der Waals surface area contributed by atoms with Crippen molar-refractivity contribution in [3.63, 3.8) is 0 Å². The van der Waals surface area contributed by atoms with Gasteiger partial charge in [-0.3, -0.25) is 0 Å². The van der Waals surface area contributed by atoms with Crippen LogP contribution in [0.5, 0.6) is 0 Å². The maximum atomic E-state index is 12.6. The molecule has 2 aliphatic heterocycles. The number of hydrogen-bond donors (Lipinski definition) is 3. The molecule has 2 fully saturated rings. The summed E-state index contributed by atoms with van der Waals surface area (Å²) in [6.45, 7) is 13.6. The Hall–Kier alpha value is -4.16. The van der Waals surface area contributed by atoms with Crippen LogP contribution in [0.2, 0.25) is 0 Å². The number of piperidine rings is 2. The summed E-state index contributed by atoms with van der Waals surface area (Å²) in [6.07, 6.45) is 1.69. The first-order valence-corrected chi connectivity index (χ1v) is 15.9. The number of amides is 2. The van der Waals surface area contributed by atoms with Gasteiger partial charge in [0.05, 0.1) is 5.54 Å². The molecule has 0 spiro atoms. The van der Waals surface area contributed by atoms with E-state index in [-0.39, 0.29) is 6.09 Å². The van der Waals surface area contributed by atoms with E-state index in [1.54, 1.807) is 4.90 Å². The highest BCUT2D eigenvalue weighted by molar-refractivity contribution is 5.74. The zero-order valence-electron chi connectivity index (χ0n) is 27.6. The molecule has 0 unspecified atom stereocenters. The van der Waals surface area contributed by atoms with Gasteiger partial charge in [0.1, 0.15) is 27.8 Å². The molecule has 2 aliphatic rings. The quantitative estimate of drug-likeness (QED) is 0.246. The molecular formula is C34H46N6O6. The number of ether oxygens (including phenoxy) is 2. The number of nitrogens with two attached hydrogens (primary N) is 1. The van der Waals surface area contributed by atoms with Gasteiger partial charge >= 0.3 is 12.2 Å². The average molecular weight is 635 g/mol. The third-order valence-corrected chi connectivity index (χ3v) is 7.93. The smallest absolute Gasteiger partial charge is 0.410 e. The zero-order chi connectivity index (χ0) is 33.2. The van der Waals surface area contributed by atoms with Gasteiger partial charge in [-0.2, -0.15) is 0 Å². The summed E-state index contributed by atoms with van der Waals surface area (Å²) < 4.78 is 22.7. The molecule has 0 aliphatic carbocycles. The fourth-order valence-corrected chi connectivity index (χ4v) is 5.54. The van der Waals surface area contributed by atoms with Crippen molar-refractivity contribution in [1.29, 1.82) is 0 Å². The van der Waals surface area contributed by atoms with E-state index in [1.165, 1.54) is 0 Å². The number of aromatic nitrogens is 2. The highest BCUT2D eigenvalue weighted by Gasteiger charge is 2.44. The number of nitrogens with one attached hydrogen (secondary N) is 2. The van der Waals surface area contributed by atoms with Crippen molar-refractivity contribution in [2.24, 2.45) is 5.73 Å². The molecule has 2 amide bonds. The van der Waals surface area contributed by atoms with Gasteiger partial charge in [0.25, 0.3) is 0 Å². The van der Waals surface area contributed by atoms with Crippen molar-refractivity contribution in [2.75, 3.05) is 26.2 Å². The van der Waals surface area contributed by atoms with E-state index in [2.05, 4.69) is 20.6 Å². The Morgan fingerprint density at radius 1 is 0.804 bits per heavy atom. The normalized spacial score (nSPS) is 18.0. The molecule has 2 saturated heterocycles. The maximum absolute atomic E-state index is 12.6. The summed E-state index contributed by atoms with van der Waals surface area (Å²) in [5.41, 5.74) is 6.94. The van der Waals surface area contributed by atoms with Crippen molar-refractivity contribution in [3.8, 4) is 0 Å². The first kappa shape index (κ1) is 33.2. The predicted molar refractivity (Wildman–Crippen MR) is 174 cm³/mol. The van der Waals surface area contributed by atoms with Gasteiger partial charge in [0.2, 0.25) is 11.8 Å². The van der Waals surface area contributed by atoms with E-state index >= 15 is 0 Å². The number of para-hydroxylation sites is 4. The number of nitrogens with zero attached hydrogens (tertiary/aromatic N) is 3. The third-order valence-electron chi connectivity index (χ3n) is 7.93. The van der Waals surface area contributed by atoms with Crippen molar-refractivity contribution in [2.45, 2.75) is 89.5 Å². The first-order valence-electron chi connectivity index (χ1n) is 15.9. The number of alkyl carbamates (subject to hydrolysis) is 1. The first-order chi connectivity index (χ1) is 21.6. The van der Waals surface area contributed by atoms with Crippen LogP contribution in [0, 0.1) is 0 Å². The number of carbonyl (C=O) groups is 2. The fourth-order valence-electron chi connectivity index (χ4n) is 5.54. The standard InChI is InChI=1S/C22H31N3O5.C12H15N3O/c1-20(2,3)29-18(26)24-22(17-23-15-9-7-8-10-16(15)28-17)11-13-25(14-12-22)19(27)30-21(4,5)6;13-12(5-7-14-8-6-12)11-15-9-3-1-2-4-10(9)16-11/h7-10H,11-14H2,1-6H3,(H,24,26);1-4,14H,5-8,13H2. The second-order valence-electron chi connectivity index (χ2n) is 14.1. The van der Waals surface area contributed by atoms with E-state index in [4.69, 9.17) is 24.0 Å². The average Bonchev–Trinajstić information content (AvgIpc) is 3.62. The summed E-state index contributed by atoms with van der Waals surface area (Å²) in [5.74, 6) is 1.09. The lowest BCUT2D eigenvalue weighted by Crippen LogP contribution is -2.55. The molecule has 6 rings (SSSR count). The second kappa shape index (κ2) is 12.9. The van der Waals surface area contributed by atoms with Gasteiger partial charge in [-0.15, -0.1) is 0 Å². The Labute approximate surface area is 269 Å². The molecule has 2 aromatic carbocycles. The van der Waals surface area contributed by atoms with Crippen molar-refractivity contribution < 1.29 is 27.9 Å². The fraction of sp³-hybridized carbons (Fsp3) is 0.529. The minimum atomic E-state index is -0.875. The van der Waals surface area contributed by atoms with Gasteiger partial charge in [0.15, 0.2) is 11.2 Å². The van der Waals surface area contributed by atoms with E-state index < -0.39 is 28.4 Å². The molecule has 4 N–H and O–H groups in total. The molecule has 0 atom stereocenters. The summed E-state index contributed by atoms with van der Waals surface area (Å²) in [6, 6.07) is 15.2. The number of hydrogen-bond acceptors (Lipinski definition) is 10. The van der Waals surface area contributed by atoms with Crippen LogP contribution in [0.15, 0.2) is 57.4 Å².